The number of nitrogens with zero attached hydrogens (tertiary/aromatic N) is 2. The average molecular weight is 372 g/mol. The van der Waals surface area contributed by atoms with Crippen LogP contribution in [0.5, 0.6) is 5.75 Å². The molecular weight excluding hydrogens is 354 g/mol. The maximum Gasteiger partial charge on any atom is 0.412 e. The Morgan fingerprint density at radius 2 is 2.27 bits per heavy atom. The van der Waals surface area contributed by atoms with Gasteiger partial charge in [-0.05, 0) is 37.5 Å². The number of carbonyl (C=O) groups excluding carboxylic acids is 1. The van der Waals surface area contributed by atoms with E-state index in [0.717, 1.165) is 18.4 Å². The lowest BCUT2D eigenvalue weighted by Crippen LogP contribution is -2.46. The summed E-state index contributed by atoms with van der Waals surface area (Å²) in [5, 5.41) is 21.4. The van der Waals surface area contributed by atoms with Crippen molar-refractivity contribution >= 4 is 17.7 Å². The average Bonchev–Trinajstić information content (AvgIpc) is 2.61. The number of aliphatic hydroxyl groups is 1. The summed E-state index contributed by atoms with van der Waals surface area (Å²) in [6.45, 7) is 0. The molecule has 0 radical (unpaired) electrons. The molecule has 6 nitrogen and oxygen atoms in total. The SMILES string of the molecule is O=C(N[C@H]1CCC[C@@](O)(C#Cc2cccc(Cl)c2)C1)Oc1ccnnc1. The second-order valence-corrected chi connectivity index (χ2v) is 6.63. The standard InChI is InChI=1S/C19H18ClN3O3/c20-15-4-1-3-14(11-15)6-9-19(25)8-2-5-16(12-19)23-18(24)26-17-7-10-21-22-13-17/h1,3-4,7,10-11,13,16,25H,2,5,8,12H2,(H,23,24)/t16-,19+/m0/s1. The number of aromatic nitrogens is 2. The quantitative estimate of drug-likeness (QED) is 0.793. The summed E-state index contributed by atoms with van der Waals surface area (Å²) in [5.74, 6) is 6.21. The minimum absolute atomic E-state index is 0.218. The van der Waals surface area contributed by atoms with Crippen LogP contribution < -0.4 is 10.1 Å². The van der Waals surface area contributed by atoms with E-state index in [9.17, 15) is 9.90 Å². The number of hydrogen-bond donors (Lipinski definition) is 2. The van der Waals surface area contributed by atoms with Gasteiger partial charge in [0, 0.05) is 29.1 Å². The van der Waals surface area contributed by atoms with Crippen molar-refractivity contribution in [3.63, 3.8) is 0 Å². The third-order valence-corrected chi connectivity index (χ3v) is 4.32. The molecule has 3 rings (SSSR count). The van der Waals surface area contributed by atoms with Gasteiger partial charge in [0.05, 0.1) is 12.4 Å². The molecular formula is C19H18ClN3O3. The molecule has 1 fully saturated rings. The van der Waals surface area contributed by atoms with Gasteiger partial charge in [-0.1, -0.05) is 29.5 Å². The minimum Gasteiger partial charge on any atom is -0.409 e. The summed E-state index contributed by atoms with van der Waals surface area (Å²) in [5.41, 5.74) is -0.415. The van der Waals surface area contributed by atoms with Crippen LogP contribution in [-0.4, -0.2) is 33.0 Å². The predicted octanol–water partition coefficient (Wildman–Crippen LogP) is 2.94. The van der Waals surface area contributed by atoms with E-state index in [1.807, 2.05) is 12.1 Å². The number of amides is 1. The van der Waals surface area contributed by atoms with Crippen molar-refractivity contribution in [1.29, 1.82) is 0 Å². The van der Waals surface area contributed by atoms with Crippen molar-refractivity contribution in [1.82, 2.24) is 15.5 Å². The highest BCUT2D eigenvalue weighted by Crippen LogP contribution is 2.28. The molecule has 0 spiro atoms. The van der Waals surface area contributed by atoms with Gasteiger partial charge in [-0.2, -0.15) is 10.2 Å². The van der Waals surface area contributed by atoms with Crippen molar-refractivity contribution in [2.24, 2.45) is 0 Å². The van der Waals surface area contributed by atoms with Crippen LogP contribution in [0.15, 0.2) is 42.7 Å². The van der Waals surface area contributed by atoms with Gasteiger partial charge in [-0.25, -0.2) is 4.79 Å². The zero-order chi connectivity index (χ0) is 18.4. The number of halogens is 1. The first-order valence-electron chi connectivity index (χ1n) is 8.29. The lowest BCUT2D eigenvalue weighted by molar-refractivity contribution is 0.0473. The fraction of sp³-hybridized carbons (Fsp3) is 0.316. The third kappa shape index (κ3) is 5.19. The van der Waals surface area contributed by atoms with Crippen LogP contribution in [0.25, 0.3) is 0 Å². The smallest absolute Gasteiger partial charge is 0.409 e. The van der Waals surface area contributed by atoms with Crippen LogP contribution in [0.4, 0.5) is 4.79 Å². The Morgan fingerprint density at radius 3 is 3.04 bits per heavy atom. The first kappa shape index (κ1) is 18.2. The molecule has 1 aromatic carbocycles. The molecule has 1 heterocycles. The second kappa shape index (κ2) is 8.17. The molecule has 0 saturated heterocycles. The minimum atomic E-state index is -1.16. The Balaban J connectivity index is 1.60. The Bertz CT molecular complexity index is 835. The number of nitrogens with one attached hydrogen (secondary N) is 1. The second-order valence-electron chi connectivity index (χ2n) is 6.20. The molecule has 1 amide bonds. The fourth-order valence-corrected chi connectivity index (χ4v) is 3.08. The summed E-state index contributed by atoms with van der Waals surface area (Å²) in [7, 11) is 0. The Kier molecular flexibility index (Phi) is 5.71. The van der Waals surface area contributed by atoms with Gasteiger partial charge in [0.25, 0.3) is 0 Å². The molecule has 26 heavy (non-hydrogen) atoms. The highest BCUT2D eigenvalue weighted by molar-refractivity contribution is 6.30. The molecule has 7 heteroatoms. The molecule has 1 aliphatic carbocycles. The Hall–Kier alpha value is -2.62. The molecule has 0 bridgehead atoms. The van der Waals surface area contributed by atoms with Crippen LogP contribution >= 0.6 is 11.6 Å². The zero-order valence-corrected chi connectivity index (χ0v) is 14.7. The molecule has 1 aliphatic rings. The molecule has 1 saturated carbocycles. The van der Waals surface area contributed by atoms with E-state index in [2.05, 4.69) is 27.4 Å². The lowest BCUT2D eigenvalue weighted by Gasteiger charge is -2.33. The van der Waals surface area contributed by atoms with E-state index in [1.54, 1.807) is 18.2 Å². The predicted molar refractivity (Wildman–Crippen MR) is 96.7 cm³/mol. The summed E-state index contributed by atoms with van der Waals surface area (Å²) in [6, 6.07) is 8.49. The van der Waals surface area contributed by atoms with Gasteiger partial charge in [-0.15, -0.1) is 0 Å². The summed E-state index contributed by atoms with van der Waals surface area (Å²) >= 11 is 5.95. The molecule has 134 valence electrons. The van der Waals surface area contributed by atoms with E-state index in [1.165, 1.54) is 12.4 Å². The van der Waals surface area contributed by atoms with Crippen LogP contribution in [-0.2, 0) is 0 Å². The van der Waals surface area contributed by atoms with E-state index >= 15 is 0 Å². The molecule has 0 aliphatic heterocycles. The van der Waals surface area contributed by atoms with Crippen LogP contribution in [0.3, 0.4) is 0 Å². The Labute approximate surface area is 156 Å². The van der Waals surface area contributed by atoms with Crippen LogP contribution in [0.2, 0.25) is 5.02 Å². The highest BCUT2D eigenvalue weighted by atomic mass is 35.5. The van der Waals surface area contributed by atoms with Crippen molar-refractivity contribution < 1.29 is 14.6 Å². The maximum atomic E-state index is 12.0. The van der Waals surface area contributed by atoms with Gasteiger partial charge >= 0.3 is 6.09 Å². The first-order chi connectivity index (χ1) is 12.5. The van der Waals surface area contributed by atoms with Crippen LogP contribution in [0, 0.1) is 11.8 Å². The number of benzene rings is 1. The normalized spacial score (nSPS) is 22.0. The van der Waals surface area contributed by atoms with Crippen molar-refractivity contribution in [3.05, 3.63) is 53.3 Å². The Morgan fingerprint density at radius 1 is 1.38 bits per heavy atom. The third-order valence-electron chi connectivity index (χ3n) is 4.08. The van der Waals surface area contributed by atoms with E-state index in [0.29, 0.717) is 23.6 Å². The molecule has 2 N–H and O–H groups in total. The number of hydrogen-bond acceptors (Lipinski definition) is 5. The first-order valence-corrected chi connectivity index (χ1v) is 8.66. The van der Waals surface area contributed by atoms with Crippen molar-refractivity contribution in [2.45, 2.75) is 37.3 Å². The van der Waals surface area contributed by atoms with Crippen molar-refractivity contribution in [3.8, 4) is 17.6 Å². The lowest BCUT2D eigenvalue weighted by atomic mass is 9.82. The van der Waals surface area contributed by atoms with E-state index < -0.39 is 11.7 Å². The largest absolute Gasteiger partial charge is 0.412 e. The van der Waals surface area contributed by atoms with Crippen molar-refractivity contribution in [2.75, 3.05) is 0 Å². The van der Waals surface area contributed by atoms with E-state index in [4.69, 9.17) is 16.3 Å². The number of rotatable bonds is 2. The summed E-state index contributed by atoms with van der Waals surface area (Å²) in [6.07, 6.45) is 4.61. The number of ether oxygens (including phenoxy) is 1. The fourth-order valence-electron chi connectivity index (χ4n) is 2.89. The molecule has 2 atom stereocenters. The zero-order valence-electron chi connectivity index (χ0n) is 14.0. The van der Waals surface area contributed by atoms with Gasteiger partial charge in [-0.3, -0.25) is 0 Å². The maximum absolute atomic E-state index is 12.0. The summed E-state index contributed by atoms with van der Waals surface area (Å²) in [4.78, 5) is 12.0. The van der Waals surface area contributed by atoms with E-state index in [-0.39, 0.29) is 6.04 Å². The molecule has 0 unspecified atom stereocenters. The molecule has 1 aromatic heterocycles. The summed E-state index contributed by atoms with van der Waals surface area (Å²) < 4.78 is 5.14. The number of carbonyl (C=O) groups is 1. The van der Waals surface area contributed by atoms with Gasteiger partial charge in [0.1, 0.15) is 5.60 Å². The van der Waals surface area contributed by atoms with Crippen LogP contribution in [0.1, 0.15) is 31.2 Å². The monoisotopic (exact) mass is 371 g/mol. The topological polar surface area (TPSA) is 84.3 Å². The van der Waals surface area contributed by atoms with Gasteiger partial charge < -0.3 is 15.2 Å². The van der Waals surface area contributed by atoms with Gasteiger partial charge in [0.2, 0.25) is 0 Å². The molecule has 2 aromatic rings. The highest BCUT2D eigenvalue weighted by Gasteiger charge is 2.33. The van der Waals surface area contributed by atoms with Gasteiger partial charge in [0.15, 0.2) is 5.75 Å².